The fraction of sp³-hybridized carbons (Fsp3) is 0.458. The first-order valence-corrected chi connectivity index (χ1v) is 11.5. The molecule has 2 aliphatic rings. The molecule has 2 saturated heterocycles. The molecule has 0 bridgehead atoms. The van der Waals surface area contributed by atoms with Gasteiger partial charge in [-0.05, 0) is 42.3 Å². The van der Waals surface area contributed by atoms with Gasteiger partial charge < -0.3 is 9.64 Å². The van der Waals surface area contributed by atoms with Crippen LogP contribution in [0.1, 0.15) is 35.8 Å². The number of quaternary nitrogens is 2. The third kappa shape index (κ3) is 4.54. The second-order valence-electron chi connectivity index (χ2n) is 8.83. The quantitative estimate of drug-likeness (QED) is 0.605. The summed E-state index contributed by atoms with van der Waals surface area (Å²) in [6.45, 7) is 8.09. The van der Waals surface area contributed by atoms with Crippen LogP contribution in [-0.4, -0.2) is 59.1 Å². The minimum atomic E-state index is 0.134. The van der Waals surface area contributed by atoms with Crippen molar-refractivity contribution in [2.75, 3.05) is 32.8 Å². The third-order valence-electron chi connectivity index (χ3n) is 6.72. The van der Waals surface area contributed by atoms with Crippen molar-refractivity contribution in [3.63, 3.8) is 0 Å². The summed E-state index contributed by atoms with van der Waals surface area (Å²) in [4.78, 5) is 3.10. The Bertz CT molecular complexity index is 959. The third-order valence-corrected chi connectivity index (χ3v) is 6.72. The number of rotatable bonds is 6. The monoisotopic (exact) mass is 420 g/mol. The van der Waals surface area contributed by atoms with Gasteiger partial charge in [-0.1, -0.05) is 48.0 Å². The maximum absolute atomic E-state index is 5.86. The molecule has 2 aliphatic heterocycles. The number of nitrogens with one attached hydrogen (secondary N) is 2. The maximum Gasteiger partial charge on any atom is 0.214 e. The largest absolute Gasteiger partial charge is 0.376 e. The summed E-state index contributed by atoms with van der Waals surface area (Å²) in [5.41, 5.74) is 3.94. The molecule has 162 valence electrons. The molecule has 0 unspecified atom stereocenters. The van der Waals surface area contributed by atoms with E-state index in [2.05, 4.69) is 77.0 Å². The molecule has 31 heavy (non-hydrogen) atoms. The highest BCUT2D eigenvalue weighted by atomic mass is 16.5. The molecular weight excluding hydrogens is 388 g/mol. The smallest absolute Gasteiger partial charge is 0.214 e. The molecule has 2 aromatic carbocycles. The van der Waals surface area contributed by atoms with Gasteiger partial charge in [0.1, 0.15) is 31.9 Å². The lowest BCUT2D eigenvalue weighted by molar-refractivity contribution is -1.00. The summed E-state index contributed by atoms with van der Waals surface area (Å²) < 4.78 is 7.85. The molecule has 3 aromatic rings. The first kappa shape index (κ1) is 20.3. The van der Waals surface area contributed by atoms with Gasteiger partial charge in [0.15, 0.2) is 6.04 Å². The molecule has 7 nitrogen and oxygen atoms in total. The van der Waals surface area contributed by atoms with E-state index < -0.39 is 0 Å². The van der Waals surface area contributed by atoms with Gasteiger partial charge in [-0.15, -0.1) is 5.10 Å². The normalized spacial score (nSPS) is 24.9. The minimum absolute atomic E-state index is 0.134. The van der Waals surface area contributed by atoms with Crippen LogP contribution in [0.3, 0.4) is 0 Å². The van der Waals surface area contributed by atoms with Crippen LogP contribution in [0.5, 0.6) is 0 Å². The fourth-order valence-corrected chi connectivity index (χ4v) is 4.98. The van der Waals surface area contributed by atoms with Crippen molar-refractivity contribution in [1.29, 1.82) is 0 Å². The average Bonchev–Trinajstić information content (AvgIpc) is 3.49. The Morgan fingerprint density at radius 2 is 1.81 bits per heavy atom. The van der Waals surface area contributed by atoms with Gasteiger partial charge in [0.05, 0.1) is 12.6 Å². The van der Waals surface area contributed by atoms with Crippen molar-refractivity contribution < 1.29 is 14.5 Å². The van der Waals surface area contributed by atoms with E-state index in [4.69, 9.17) is 4.74 Å². The molecule has 0 saturated carbocycles. The Balaban J connectivity index is 1.40. The molecular formula is C24H32N6O+2. The summed E-state index contributed by atoms with van der Waals surface area (Å²) in [6, 6.07) is 19.8. The number of hydrogen-bond acceptors (Lipinski definition) is 4. The van der Waals surface area contributed by atoms with E-state index in [1.807, 2.05) is 4.68 Å². The second kappa shape index (κ2) is 9.26. The summed E-state index contributed by atoms with van der Waals surface area (Å²) in [7, 11) is 0. The molecule has 2 fully saturated rings. The fourth-order valence-electron chi connectivity index (χ4n) is 4.98. The molecule has 2 atom stereocenters. The lowest BCUT2D eigenvalue weighted by Crippen LogP contribution is -3.26. The number of benzene rings is 2. The first-order valence-electron chi connectivity index (χ1n) is 11.5. The zero-order valence-electron chi connectivity index (χ0n) is 18.2. The van der Waals surface area contributed by atoms with Gasteiger partial charge in [0.2, 0.25) is 5.82 Å². The van der Waals surface area contributed by atoms with Crippen molar-refractivity contribution in [2.24, 2.45) is 0 Å². The number of para-hydroxylation sites is 1. The van der Waals surface area contributed by atoms with E-state index in [0.29, 0.717) is 0 Å². The number of ether oxygens (including phenoxy) is 1. The van der Waals surface area contributed by atoms with Gasteiger partial charge in [0, 0.05) is 12.2 Å². The average molecular weight is 421 g/mol. The van der Waals surface area contributed by atoms with Crippen LogP contribution < -0.4 is 9.80 Å². The second-order valence-corrected chi connectivity index (χ2v) is 8.83. The summed E-state index contributed by atoms with van der Waals surface area (Å²) >= 11 is 0. The van der Waals surface area contributed by atoms with Crippen molar-refractivity contribution in [2.45, 2.75) is 38.5 Å². The molecule has 0 aliphatic carbocycles. The summed E-state index contributed by atoms with van der Waals surface area (Å²) in [5, 5.41) is 13.0. The summed E-state index contributed by atoms with van der Waals surface area (Å²) in [5.74, 6) is 0.956. The van der Waals surface area contributed by atoms with Crippen molar-refractivity contribution in [1.82, 2.24) is 20.2 Å². The number of nitrogens with zero attached hydrogens (tertiary/aromatic N) is 4. The lowest BCUT2D eigenvalue weighted by Gasteiger charge is -2.34. The Hall–Kier alpha value is -2.61. The van der Waals surface area contributed by atoms with Crippen LogP contribution in [0, 0.1) is 6.92 Å². The molecule has 2 N–H and O–H groups in total. The Kier molecular flexibility index (Phi) is 6.06. The van der Waals surface area contributed by atoms with E-state index in [0.717, 1.165) is 58.0 Å². The van der Waals surface area contributed by atoms with Crippen LogP contribution in [0.4, 0.5) is 5.69 Å². The van der Waals surface area contributed by atoms with Crippen LogP contribution in [0.15, 0.2) is 54.6 Å². The predicted molar refractivity (Wildman–Crippen MR) is 117 cm³/mol. The van der Waals surface area contributed by atoms with E-state index in [9.17, 15) is 0 Å². The predicted octanol–water partition coefficient (Wildman–Crippen LogP) is 0.365. The summed E-state index contributed by atoms with van der Waals surface area (Å²) in [6.07, 6.45) is 2.43. The first-order chi connectivity index (χ1) is 15.3. The van der Waals surface area contributed by atoms with E-state index in [-0.39, 0.29) is 12.1 Å². The van der Waals surface area contributed by atoms with Crippen LogP contribution in [0.2, 0.25) is 0 Å². The highest BCUT2D eigenvalue weighted by molar-refractivity contribution is 5.28. The van der Waals surface area contributed by atoms with Crippen molar-refractivity contribution in [3.8, 4) is 0 Å². The minimum Gasteiger partial charge on any atom is -0.376 e. The number of piperazine rings is 1. The Morgan fingerprint density at radius 3 is 2.52 bits per heavy atom. The van der Waals surface area contributed by atoms with Gasteiger partial charge in [0.25, 0.3) is 0 Å². The molecule has 0 amide bonds. The van der Waals surface area contributed by atoms with E-state index in [1.54, 1.807) is 4.90 Å². The molecule has 0 spiro atoms. The number of tetrazole rings is 1. The zero-order chi connectivity index (χ0) is 21.0. The zero-order valence-corrected chi connectivity index (χ0v) is 18.2. The molecule has 1 aromatic heterocycles. The van der Waals surface area contributed by atoms with Crippen LogP contribution >= 0.6 is 0 Å². The van der Waals surface area contributed by atoms with Crippen molar-refractivity contribution >= 4 is 5.69 Å². The van der Waals surface area contributed by atoms with Gasteiger partial charge in [-0.25, -0.2) is 4.68 Å². The van der Waals surface area contributed by atoms with E-state index >= 15 is 0 Å². The van der Waals surface area contributed by atoms with Crippen LogP contribution in [-0.2, 0) is 11.3 Å². The topological polar surface area (TPSA) is 61.7 Å². The molecule has 0 radical (unpaired) electrons. The highest BCUT2D eigenvalue weighted by Gasteiger charge is 2.36. The molecule has 5 rings (SSSR count). The van der Waals surface area contributed by atoms with Crippen molar-refractivity contribution in [3.05, 3.63) is 71.5 Å². The van der Waals surface area contributed by atoms with Gasteiger partial charge >= 0.3 is 0 Å². The lowest BCUT2D eigenvalue weighted by atomic mass is 10.0. The SMILES string of the molecule is Cc1ccc([C@H](c2nnnn2C[C@@H]2CCCO2)[NH+]2CC[NH+](c3ccccc3)CC2)cc1. The Morgan fingerprint density at radius 1 is 1.03 bits per heavy atom. The van der Waals surface area contributed by atoms with Gasteiger partial charge in [-0.2, -0.15) is 0 Å². The Labute approximate surface area is 183 Å². The number of hydrogen-bond donors (Lipinski definition) is 2. The standard InChI is InChI=1S/C24H30N6O/c1-19-9-11-20(12-10-19)23(24-25-26-27-30(24)18-22-8-5-17-31-22)29-15-13-28(14-16-29)21-6-3-2-4-7-21/h2-4,6-7,9-12,22-23H,5,8,13-18H2,1H3/p+2/t22-,23+/m0/s1. The number of aromatic nitrogens is 4. The van der Waals surface area contributed by atoms with Crippen LogP contribution in [0.25, 0.3) is 0 Å². The van der Waals surface area contributed by atoms with Gasteiger partial charge in [-0.3, -0.25) is 4.90 Å². The maximum atomic E-state index is 5.86. The highest BCUT2D eigenvalue weighted by Crippen LogP contribution is 2.20. The number of aryl methyl sites for hydroxylation is 1. The van der Waals surface area contributed by atoms with E-state index in [1.165, 1.54) is 21.7 Å². The molecule has 3 heterocycles. The molecule has 7 heteroatoms.